The Bertz CT molecular complexity index is 1270. The van der Waals surface area contributed by atoms with E-state index >= 15 is 0 Å². The van der Waals surface area contributed by atoms with Crippen LogP contribution in [0.25, 0.3) is 5.69 Å². The number of piperazine rings is 1. The van der Waals surface area contributed by atoms with Crippen LogP contribution in [0.15, 0.2) is 48.8 Å². The van der Waals surface area contributed by atoms with Gasteiger partial charge in [-0.25, -0.2) is 18.9 Å². The van der Waals surface area contributed by atoms with Gasteiger partial charge in [-0.2, -0.15) is 5.10 Å². The van der Waals surface area contributed by atoms with Crippen LogP contribution in [0.3, 0.4) is 0 Å². The second-order valence-corrected chi connectivity index (χ2v) is 9.13. The molecule has 3 aromatic rings. The molecule has 2 saturated heterocycles. The number of hydrogen-bond acceptors (Lipinski definition) is 6. The number of aryl methyl sites for hydroxylation is 1. The van der Waals surface area contributed by atoms with Gasteiger partial charge in [0.05, 0.1) is 12.6 Å². The van der Waals surface area contributed by atoms with Gasteiger partial charge in [0.1, 0.15) is 29.4 Å². The fourth-order valence-electron chi connectivity index (χ4n) is 4.73. The molecular formula is C26H30FN7O3. The van der Waals surface area contributed by atoms with Gasteiger partial charge in [0.2, 0.25) is 5.91 Å². The Hall–Kier alpha value is -4.15. The molecule has 1 unspecified atom stereocenters. The van der Waals surface area contributed by atoms with E-state index in [-0.39, 0.29) is 30.2 Å². The van der Waals surface area contributed by atoms with Crippen LogP contribution >= 0.6 is 0 Å². The van der Waals surface area contributed by atoms with Crippen LogP contribution in [-0.2, 0) is 4.79 Å². The number of carbonyl (C=O) groups excluding carboxylic acids is 2. The largest absolute Gasteiger partial charge is 0.492 e. The van der Waals surface area contributed by atoms with E-state index in [1.54, 1.807) is 32.9 Å². The minimum Gasteiger partial charge on any atom is -0.492 e. The van der Waals surface area contributed by atoms with E-state index in [0.717, 1.165) is 17.1 Å². The summed E-state index contributed by atoms with van der Waals surface area (Å²) in [5, 5.41) is 7.38. The minimum absolute atomic E-state index is 0.0867. The zero-order chi connectivity index (χ0) is 25.9. The average Bonchev–Trinajstić information content (AvgIpc) is 3.49. The first-order chi connectivity index (χ1) is 17.9. The summed E-state index contributed by atoms with van der Waals surface area (Å²) >= 11 is 0. The second kappa shape index (κ2) is 10.5. The topological polar surface area (TPSA) is 95.8 Å². The number of ether oxygens (including phenoxy) is 1. The first-order valence-electron chi connectivity index (χ1n) is 12.4. The van der Waals surface area contributed by atoms with Gasteiger partial charge in [0.15, 0.2) is 0 Å². The monoisotopic (exact) mass is 507 g/mol. The number of benzene rings is 2. The number of carbonyl (C=O) groups is 2. The number of nitrogens with one attached hydrogen (secondary N) is 1. The van der Waals surface area contributed by atoms with Crippen LogP contribution in [0.5, 0.6) is 5.75 Å². The highest BCUT2D eigenvalue weighted by atomic mass is 19.1. The van der Waals surface area contributed by atoms with Crippen LogP contribution in [-0.4, -0.2) is 77.0 Å². The van der Waals surface area contributed by atoms with Crippen LogP contribution in [0.2, 0.25) is 0 Å². The second-order valence-electron chi connectivity index (χ2n) is 9.13. The Morgan fingerprint density at radius 1 is 1.11 bits per heavy atom. The van der Waals surface area contributed by atoms with Crippen molar-refractivity contribution in [3.8, 4) is 11.4 Å². The number of hydrogen-bond donors (Lipinski definition) is 1. The molecule has 10 nitrogen and oxygen atoms in total. The quantitative estimate of drug-likeness (QED) is 0.551. The summed E-state index contributed by atoms with van der Waals surface area (Å²) in [6.07, 6.45) is 1.89. The maximum atomic E-state index is 13.2. The van der Waals surface area contributed by atoms with E-state index in [2.05, 4.69) is 20.3 Å². The molecule has 0 spiro atoms. The number of rotatable bonds is 6. The third-order valence-corrected chi connectivity index (χ3v) is 6.62. The van der Waals surface area contributed by atoms with E-state index in [9.17, 15) is 14.0 Å². The lowest BCUT2D eigenvalue weighted by Gasteiger charge is -2.36. The maximum Gasteiger partial charge on any atom is 0.317 e. The predicted molar refractivity (Wildman–Crippen MR) is 137 cm³/mol. The summed E-state index contributed by atoms with van der Waals surface area (Å²) in [4.78, 5) is 35.2. The van der Waals surface area contributed by atoms with Crippen molar-refractivity contribution in [3.05, 3.63) is 60.4 Å². The number of nitrogens with zero attached hydrogens (tertiary/aromatic N) is 6. The van der Waals surface area contributed by atoms with Crippen molar-refractivity contribution >= 4 is 23.3 Å². The lowest BCUT2D eigenvalue weighted by Crippen LogP contribution is -2.53. The summed E-state index contributed by atoms with van der Waals surface area (Å²) in [5.74, 6) is 0.971. The van der Waals surface area contributed by atoms with Gasteiger partial charge >= 0.3 is 6.03 Å². The summed E-state index contributed by atoms with van der Waals surface area (Å²) in [6, 6.07) is 11.3. The highest BCUT2D eigenvalue weighted by Gasteiger charge is 2.33. The molecule has 1 N–H and O–H groups in total. The Kier molecular flexibility index (Phi) is 6.93. The highest BCUT2D eigenvalue weighted by molar-refractivity contribution is 5.96. The molecule has 11 heteroatoms. The molecule has 1 aromatic heterocycles. The maximum absolute atomic E-state index is 13.2. The molecule has 2 aliphatic rings. The number of halogens is 1. The SMILES string of the molecule is CCOc1cc(N2CCN(C(=O)NC3CC(=O)N(c4ccc(F)cc4)C3)CC2)ccc1-n1cnc(C)n1. The molecule has 3 amide bonds. The van der Waals surface area contributed by atoms with Crippen molar-refractivity contribution in [1.82, 2.24) is 25.0 Å². The Morgan fingerprint density at radius 2 is 1.84 bits per heavy atom. The Balaban J connectivity index is 1.17. The van der Waals surface area contributed by atoms with Gasteiger partial charge in [0.25, 0.3) is 0 Å². The number of urea groups is 1. The van der Waals surface area contributed by atoms with E-state index in [4.69, 9.17) is 4.74 Å². The van der Waals surface area contributed by atoms with E-state index in [0.29, 0.717) is 50.8 Å². The van der Waals surface area contributed by atoms with Gasteiger partial charge in [0, 0.05) is 56.6 Å². The van der Waals surface area contributed by atoms with Crippen LogP contribution in [0.1, 0.15) is 19.2 Å². The van der Waals surface area contributed by atoms with Crippen molar-refractivity contribution in [2.75, 3.05) is 49.1 Å². The fourth-order valence-corrected chi connectivity index (χ4v) is 4.73. The predicted octanol–water partition coefficient (Wildman–Crippen LogP) is 2.75. The summed E-state index contributed by atoms with van der Waals surface area (Å²) in [6.45, 7) is 7.14. The standard InChI is InChI=1S/C26H30FN7O3/c1-3-37-24-15-22(8-9-23(24)34-17-28-18(2)30-34)31-10-12-32(13-11-31)26(36)29-20-14-25(35)33(16-20)21-6-4-19(27)5-7-21/h4-9,15,17,20H,3,10-14,16H2,1-2H3,(H,29,36). The van der Waals surface area contributed by atoms with Gasteiger partial charge in [-0.1, -0.05) is 0 Å². The van der Waals surface area contributed by atoms with Crippen molar-refractivity contribution in [2.24, 2.45) is 0 Å². The number of aromatic nitrogens is 3. The molecule has 0 bridgehead atoms. The lowest BCUT2D eigenvalue weighted by molar-refractivity contribution is -0.117. The Labute approximate surface area is 214 Å². The molecule has 5 rings (SSSR count). The molecule has 1 atom stereocenters. The molecule has 194 valence electrons. The molecule has 2 fully saturated rings. The third kappa shape index (κ3) is 5.35. The van der Waals surface area contributed by atoms with E-state index in [1.807, 2.05) is 32.0 Å². The van der Waals surface area contributed by atoms with Crippen molar-refractivity contribution in [1.29, 1.82) is 0 Å². The molecule has 0 radical (unpaired) electrons. The summed E-state index contributed by atoms with van der Waals surface area (Å²) in [7, 11) is 0. The van der Waals surface area contributed by atoms with Gasteiger partial charge < -0.3 is 24.8 Å². The smallest absolute Gasteiger partial charge is 0.317 e. The zero-order valence-corrected chi connectivity index (χ0v) is 20.9. The van der Waals surface area contributed by atoms with Gasteiger partial charge in [-0.3, -0.25) is 4.79 Å². The number of anilines is 2. The van der Waals surface area contributed by atoms with E-state index < -0.39 is 0 Å². The zero-order valence-electron chi connectivity index (χ0n) is 20.9. The lowest BCUT2D eigenvalue weighted by atomic mass is 10.2. The molecule has 0 saturated carbocycles. The first kappa shape index (κ1) is 24.5. The first-order valence-corrected chi connectivity index (χ1v) is 12.4. The molecule has 3 heterocycles. The number of amides is 3. The third-order valence-electron chi connectivity index (χ3n) is 6.62. The summed E-state index contributed by atoms with van der Waals surface area (Å²) < 4.78 is 20.8. The molecule has 0 aliphatic carbocycles. The van der Waals surface area contributed by atoms with Gasteiger partial charge in [-0.05, 0) is 50.2 Å². The van der Waals surface area contributed by atoms with E-state index in [1.165, 1.54) is 12.1 Å². The van der Waals surface area contributed by atoms with Gasteiger partial charge in [-0.15, -0.1) is 0 Å². The van der Waals surface area contributed by atoms with Crippen molar-refractivity contribution in [3.63, 3.8) is 0 Å². The molecule has 2 aromatic carbocycles. The Morgan fingerprint density at radius 3 is 2.51 bits per heavy atom. The fraction of sp³-hybridized carbons (Fsp3) is 0.385. The molecule has 37 heavy (non-hydrogen) atoms. The van der Waals surface area contributed by atoms with Crippen LogP contribution in [0, 0.1) is 12.7 Å². The highest BCUT2D eigenvalue weighted by Crippen LogP contribution is 2.29. The van der Waals surface area contributed by atoms with Crippen LogP contribution < -0.4 is 19.9 Å². The molecule has 2 aliphatic heterocycles. The average molecular weight is 508 g/mol. The van der Waals surface area contributed by atoms with Crippen molar-refractivity contribution < 1.29 is 18.7 Å². The molecular weight excluding hydrogens is 477 g/mol. The summed E-state index contributed by atoms with van der Waals surface area (Å²) in [5.41, 5.74) is 2.47. The van der Waals surface area contributed by atoms with Crippen molar-refractivity contribution in [2.45, 2.75) is 26.3 Å². The van der Waals surface area contributed by atoms with Crippen LogP contribution in [0.4, 0.5) is 20.6 Å². The minimum atomic E-state index is -0.352. The normalized spacial score (nSPS) is 17.9.